The molecule has 36 heavy (non-hydrogen) atoms. The van der Waals surface area contributed by atoms with E-state index < -0.39 is 0 Å². The van der Waals surface area contributed by atoms with Gasteiger partial charge in [0.05, 0.1) is 16.8 Å². The second-order valence-corrected chi connectivity index (χ2v) is 10.4. The lowest BCUT2D eigenvalue weighted by Crippen LogP contribution is -2.33. The average molecular weight is 487 g/mol. The maximum absolute atomic E-state index is 13.1. The van der Waals surface area contributed by atoms with Crippen LogP contribution in [0.1, 0.15) is 70.3 Å². The number of nitrogens with one attached hydrogen (secondary N) is 3. The number of allylic oxidation sites excluding steroid dienone is 1. The summed E-state index contributed by atoms with van der Waals surface area (Å²) >= 11 is 0. The molecule has 186 valence electrons. The van der Waals surface area contributed by atoms with Crippen molar-refractivity contribution in [2.24, 2.45) is 5.92 Å². The van der Waals surface area contributed by atoms with E-state index in [4.69, 9.17) is 14.6 Å². The molecule has 2 aromatic heterocycles. The first-order valence-electron chi connectivity index (χ1n) is 12.5. The number of ether oxygens (including phenoxy) is 1. The van der Waals surface area contributed by atoms with Crippen LogP contribution in [0, 0.1) is 25.2 Å². The molecule has 6 rings (SSSR count). The van der Waals surface area contributed by atoms with Crippen molar-refractivity contribution in [3.05, 3.63) is 58.6 Å². The van der Waals surface area contributed by atoms with E-state index in [1.165, 1.54) is 0 Å². The summed E-state index contributed by atoms with van der Waals surface area (Å²) in [6.45, 7) is 6.53. The molecule has 1 aliphatic heterocycles. The van der Waals surface area contributed by atoms with Crippen LogP contribution in [0.15, 0.2) is 34.9 Å². The molecule has 2 saturated carbocycles. The van der Waals surface area contributed by atoms with Gasteiger partial charge in [0.15, 0.2) is 5.76 Å². The molecule has 0 bridgehead atoms. The van der Waals surface area contributed by atoms with Crippen LogP contribution in [0.4, 0.5) is 0 Å². The standard InChI is InChI=1S/C28H30N4O4/c1-15-5-4-10-32(15)27(34)21-14-30-25(16(21)2)22(8-9-29)36-19-6-7-20-23(11-19)35-17(3)24(20)26(33)31-28-12-18(28)13-28/h6-9,11,14-15,18,29-30H,4-5,10,12-13H2,1-3H3,(H,31,33)/b22-8+,29-9?. The summed E-state index contributed by atoms with van der Waals surface area (Å²) in [4.78, 5) is 31.1. The third kappa shape index (κ3) is 3.63. The first kappa shape index (κ1) is 22.6. The highest BCUT2D eigenvalue weighted by atomic mass is 16.5. The van der Waals surface area contributed by atoms with Crippen LogP contribution < -0.4 is 10.1 Å². The third-order valence-electron chi connectivity index (χ3n) is 8.00. The molecule has 0 radical (unpaired) electrons. The zero-order valence-corrected chi connectivity index (χ0v) is 20.7. The van der Waals surface area contributed by atoms with Gasteiger partial charge in [-0.05, 0) is 70.1 Å². The summed E-state index contributed by atoms with van der Waals surface area (Å²) in [5, 5.41) is 11.5. The lowest BCUT2D eigenvalue weighted by Gasteiger charge is -2.21. The Hall–Kier alpha value is -3.81. The Kier molecular flexibility index (Phi) is 5.10. The van der Waals surface area contributed by atoms with Crippen molar-refractivity contribution in [3.8, 4) is 5.75 Å². The highest BCUT2D eigenvalue weighted by molar-refractivity contribution is 6.08. The van der Waals surface area contributed by atoms with Gasteiger partial charge in [-0.2, -0.15) is 0 Å². The van der Waals surface area contributed by atoms with Crippen LogP contribution in [0.25, 0.3) is 16.7 Å². The molecule has 8 heteroatoms. The Bertz CT molecular complexity index is 1440. The van der Waals surface area contributed by atoms with Crippen molar-refractivity contribution >= 4 is 34.8 Å². The number of fused-ring (bicyclic) bond motifs is 2. The fourth-order valence-corrected chi connectivity index (χ4v) is 5.47. The molecule has 1 atom stereocenters. The van der Waals surface area contributed by atoms with Crippen LogP contribution in [-0.2, 0) is 0 Å². The van der Waals surface area contributed by atoms with Gasteiger partial charge in [-0.1, -0.05) is 0 Å². The summed E-state index contributed by atoms with van der Waals surface area (Å²) in [6.07, 6.45) is 8.61. The van der Waals surface area contributed by atoms with E-state index in [9.17, 15) is 9.59 Å². The average Bonchev–Trinajstić information content (AvgIpc) is 3.43. The smallest absolute Gasteiger partial charge is 0.255 e. The predicted molar refractivity (Wildman–Crippen MR) is 137 cm³/mol. The fourth-order valence-electron chi connectivity index (χ4n) is 5.47. The molecular formula is C28H30N4O4. The molecule has 8 nitrogen and oxygen atoms in total. The van der Waals surface area contributed by atoms with E-state index in [0.29, 0.717) is 45.6 Å². The molecule has 1 saturated heterocycles. The number of hydrogen-bond donors (Lipinski definition) is 3. The van der Waals surface area contributed by atoms with Gasteiger partial charge in [-0.3, -0.25) is 9.59 Å². The highest BCUT2D eigenvalue weighted by Crippen LogP contribution is 2.66. The lowest BCUT2D eigenvalue weighted by atomic mass is 10.1. The second kappa shape index (κ2) is 8.11. The minimum absolute atomic E-state index is 0.00995. The van der Waals surface area contributed by atoms with Crippen LogP contribution in [0.3, 0.4) is 0 Å². The largest absolute Gasteiger partial charge is 0.460 e. The van der Waals surface area contributed by atoms with Crippen molar-refractivity contribution in [2.45, 2.75) is 58.0 Å². The Morgan fingerprint density at radius 2 is 2.08 bits per heavy atom. The van der Waals surface area contributed by atoms with Crippen molar-refractivity contribution in [3.63, 3.8) is 0 Å². The van der Waals surface area contributed by atoms with Crippen molar-refractivity contribution in [1.29, 1.82) is 5.41 Å². The molecule has 3 aromatic rings. The predicted octanol–water partition coefficient (Wildman–Crippen LogP) is 4.96. The molecule has 3 fully saturated rings. The Morgan fingerprint density at radius 3 is 2.75 bits per heavy atom. The van der Waals surface area contributed by atoms with E-state index in [1.807, 2.05) is 17.9 Å². The number of amides is 2. The van der Waals surface area contributed by atoms with E-state index in [-0.39, 0.29) is 23.4 Å². The number of furan rings is 1. The zero-order chi connectivity index (χ0) is 25.2. The van der Waals surface area contributed by atoms with Crippen LogP contribution in [0.2, 0.25) is 0 Å². The van der Waals surface area contributed by atoms with Crippen molar-refractivity contribution in [1.82, 2.24) is 15.2 Å². The van der Waals surface area contributed by atoms with Gasteiger partial charge in [-0.25, -0.2) is 0 Å². The number of H-pyrrole nitrogens is 1. The zero-order valence-electron chi connectivity index (χ0n) is 20.7. The number of aromatic nitrogens is 1. The number of rotatable bonds is 7. The number of likely N-dealkylation sites (tertiary alicyclic amines) is 1. The number of carbonyl (C=O) groups excluding carboxylic acids is 2. The SMILES string of the molecule is Cc1oc2cc(O/C(=C/C=N)c3[nH]cc(C(=O)N4CCCC4C)c3C)ccc2c1C(=O)NC12CC1C2. The van der Waals surface area contributed by atoms with Gasteiger partial charge in [0.25, 0.3) is 11.8 Å². The van der Waals surface area contributed by atoms with Crippen LogP contribution >= 0.6 is 0 Å². The highest BCUT2D eigenvalue weighted by Gasteiger charge is 2.70. The summed E-state index contributed by atoms with van der Waals surface area (Å²) in [5.74, 6) is 2.08. The van der Waals surface area contributed by atoms with E-state index >= 15 is 0 Å². The Morgan fingerprint density at radius 1 is 1.31 bits per heavy atom. The number of carbonyl (C=O) groups is 2. The van der Waals surface area contributed by atoms with Gasteiger partial charge >= 0.3 is 0 Å². The van der Waals surface area contributed by atoms with Gasteiger partial charge in [0.2, 0.25) is 0 Å². The van der Waals surface area contributed by atoms with Crippen molar-refractivity contribution < 1.29 is 18.7 Å². The van der Waals surface area contributed by atoms with Crippen LogP contribution in [0.5, 0.6) is 5.75 Å². The fraction of sp³-hybridized carbons (Fsp3) is 0.393. The number of aryl methyl sites for hydroxylation is 1. The molecule has 2 amide bonds. The van der Waals surface area contributed by atoms with E-state index in [1.54, 1.807) is 31.3 Å². The maximum Gasteiger partial charge on any atom is 0.255 e. The number of nitrogens with zero attached hydrogens (tertiary/aromatic N) is 1. The van der Waals surface area contributed by atoms with Gasteiger partial charge in [0, 0.05) is 48.1 Å². The van der Waals surface area contributed by atoms with Gasteiger partial charge < -0.3 is 29.8 Å². The van der Waals surface area contributed by atoms with Crippen molar-refractivity contribution in [2.75, 3.05) is 6.54 Å². The first-order chi connectivity index (χ1) is 17.3. The normalized spacial score (nSPS) is 24.5. The Balaban J connectivity index is 1.26. The number of hydrogen-bond acceptors (Lipinski definition) is 5. The Labute approximate surface area is 209 Å². The summed E-state index contributed by atoms with van der Waals surface area (Å²) in [6, 6.07) is 5.60. The van der Waals surface area contributed by atoms with Gasteiger partial charge in [0.1, 0.15) is 17.1 Å². The van der Waals surface area contributed by atoms with E-state index in [0.717, 1.165) is 49.4 Å². The monoisotopic (exact) mass is 486 g/mol. The molecular weight excluding hydrogens is 456 g/mol. The topological polar surface area (TPSA) is 111 Å². The summed E-state index contributed by atoms with van der Waals surface area (Å²) < 4.78 is 12.1. The van der Waals surface area contributed by atoms with E-state index in [2.05, 4.69) is 17.2 Å². The molecule has 1 aromatic carbocycles. The molecule has 0 spiro atoms. The molecule has 3 heterocycles. The summed E-state index contributed by atoms with van der Waals surface area (Å²) in [7, 11) is 0. The quantitative estimate of drug-likeness (QED) is 0.324. The molecule has 2 aliphatic carbocycles. The third-order valence-corrected chi connectivity index (χ3v) is 8.00. The molecule has 1 unspecified atom stereocenters. The maximum atomic E-state index is 13.1. The molecule has 3 N–H and O–H groups in total. The van der Waals surface area contributed by atoms with Crippen LogP contribution in [-0.4, -0.2) is 46.0 Å². The summed E-state index contributed by atoms with van der Waals surface area (Å²) in [5.41, 5.74) is 3.21. The number of aromatic amines is 1. The second-order valence-electron chi connectivity index (χ2n) is 10.4. The lowest BCUT2D eigenvalue weighted by molar-refractivity contribution is 0.0746. The minimum atomic E-state index is -0.0872. The number of benzene rings is 1. The van der Waals surface area contributed by atoms with Gasteiger partial charge in [-0.15, -0.1) is 0 Å². The minimum Gasteiger partial charge on any atom is -0.460 e. The molecule has 3 aliphatic rings. The first-order valence-corrected chi connectivity index (χ1v) is 12.5.